The molecule has 2 N–H and O–H groups in total. The van der Waals surface area contributed by atoms with Gasteiger partial charge in [-0.05, 0) is 69.5 Å². The van der Waals surface area contributed by atoms with E-state index in [0.717, 1.165) is 17.5 Å². The largest absolute Gasteiger partial charge is 0.462 e. The molecule has 1 aliphatic carbocycles. The molecule has 0 atom stereocenters. The van der Waals surface area contributed by atoms with E-state index < -0.39 is 11.9 Å². The third-order valence-corrected chi connectivity index (χ3v) is 5.87. The van der Waals surface area contributed by atoms with Crippen LogP contribution in [0.5, 0.6) is 0 Å². The number of rotatable bonds is 6. The summed E-state index contributed by atoms with van der Waals surface area (Å²) in [6.07, 6.45) is 2.15. The quantitative estimate of drug-likeness (QED) is 0.395. The molecular formula is C27H27N3O5. The molecule has 0 bridgehead atoms. The molecule has 2 amide bonds. The molecule has 3 aromatic rings. The maximum atomic E-state index is 13.0. The first-order valence-electron chi connectivity index (χ1n) is 11.5. The number of amides is 2. The van der Waals surface area contributed by atoms with Gasteiger partial charge in [-0.2, -0.15) is 5.10 Å². The van der Waals surface area contributed by atoms with Crippen molar-refractivity contribution in [1.82, 2.24) is 5.43 Å². The van der Waals surface area contributed by atoms with Crippen molar-refractivity contribution in [3.05, 3.63) is 87.9 Å². The third-order valence-electron chi connectivity index (χ3n) is 5.87. The van der Waals surface area contributed by atoms with Crippen molar-refractivity contribution in [3.63, 3.8) is 0 Å². The lowest BCUT2D eigenvalue weighted by molar-refractivity contribution is 0.0526. The van der Waals surface area contributed by atoms with Gasteiger partial charge >= 0.3 is 5.97 Å². The van der Waals surface area contributed by atoms with Gasteiger partial charge in [0.2, 0.25) is 0 Å². The number of esters is 1. The number of nitrogens with zero attached hydrogens (tertiary/aromatic N) is 1. The average Bonchev–Trinajstić information content (AvgIpc) is 3.20. The second kappa shape index (κ2) is 10.4. The number of furan rings is 1. The summed E-state index contributed by atoms with van der Waals surface area (Å²) >= 11 is 0. The van der Waals surface area contributed by atoms with Gasteiger partial charge in [-0.3, -0.25) is 9.59 Å². The second-order valence-corrected chi connectivity index (χ2v) is 8.27. The number of carbonyl (C=O) groups excluding carboxylic acids is 3. The van der Waals surface area contributed by atoms with Gasteiger partial charge in [0.1, 0.15) is 5.76 Å². The Morgan fingerprint density at radius 1 is 1.00 bits per heavy atom. The van der Waals surface area contributed by atoms with Crippen LogP contribution in [0.4, 0.5) is 5.69 Å². The molecule has 1 aliphatic rings. The summed E-state index contributed by atoms with van der Waals surface area (Å²) in [5.74, 6) is -0.219. The van der Waals surface area contributed by atoms with E-state index in [-0.39, 0.29) is 11.7 Å². The van der Waals surface area contributed by atoms with Gasteiger partial charge in [0.25, 0.3) is 11.8 Å². The summed E-state index contributed by atoms with van der Waals surface area (Å²) in [5.41, 5.74) is 7.13. The van der Waals surface area contributed by atoms with Gasteiger partial charge in [-0.25, -0.2) is 10.2 Å². The van der Waals surface area contributed by atoms with E-state index in [4.69, 9.17) is 9.15 Å². The number of hydrazone groups is 1. The van der Waals surface area contributed by atoms with Gasteiger partial charge in [0.05, 0.1) is 17.9 Å². The molecule has 35 heavy (non-hydrogen) atoms. The molecular weight excluding hydrogens is 446 g/mol. The molecule has 0 radical (unpaired) electrons. The van der Waals surface area contributed by atoms with Crippen molar-refractivity contribution in [2.45, 2.75) is 40.0 Å². The molecule has 0 saturated heterocycles. The fraction of sp³-hybridized carbons (Fsp3) is 0.259. The fourth-order valence-corrected chi connectivity index (χ4v) is 4.09. The summed E-state index contributed by atoms with van der Waals surface area (Å²) in [6.45, 7) is 5.72. The molecule has 8 heteroatoms. The molecule has 0 unspecified atom stereocenters. The zero-order chi connectivity index (χ0) is 24.9. The van der Waals surface area contributed by atoms with Gasteiger partial charge in [0.15, 0.2) is 5.76 Å². The monoisotopic (exact) mass is 473 g/mol. The van der Waals surface area contributed by atoms with Crippen molar-refractivity contribution >= 4 is 29.2 Å². The smallest absolute Gasteiger partial charge is 0.338 e. The van der Waals surface area contributed by atoms with Crippen LogP contribution in [0.1, 0.15) is 73.5 Å². The molecule has 180 valence electrons. The molecule has 0 aliphatic heterocycles. The number of fused-ring (bicyclic) bond motifs is 1. The first-order valence-corrected chi connectivity index (χ1v) is 11.5. The van der Waals surface area contributed by atoms with E-state index in [9.17, 15) is 14.4 Å². The minimum Gasteiger partial charge on any atom is -0.462 e. The van der Waals surface area contributed by atoms with Crippen molar-refractivity contribution in [2.24, 2.45) is 5.10 Å². The maximum Gasteiger partial charge on any atom is 0.338 e. The Hall–Kier alpha value is -4.20. The number of carbonyl (C=O) groups is 3. The normalized spacial score (nSPS) is 13.7. The van der Waals surface area contributed by atoms with E-state index in [1.807, 2.05) is 32.0 Å². The Morgan fingerprint density at radius 3 is 2.46 bits per heavy atom. The summed E-state index contributed by atoms with van der Waals surface area (Å²) in [5, 5.41) is 7.19. The highest BCUT2D eigenvalue weighted by molar-refractivity contribution is 6.09. The fourth-order valence-electron chi connectivity index (χ4n) is 4.09. The summed E-state index contributed by atoms with van der Waals surface area (Å²) in [6, 6.07) is 13.8. The van der Waals surface area contributed by atoms with Crippen LogP contribution in [0.2, 0.25) is 0 Å². The Morgan fingerprint density at radius 2 is 1.74 bits per heavy atom. The van der Waals surface area contributed by atoms with Crippen LogP contribution in [-0.4, -0.2) is 30.1 Å². The highest BCUT2D eigenvalue weighted by Crippen LogP contribution is 2.30. The van der Waals surface area contributed by atoms with Gasteiger partial charge in [0, 0.05) is 28.8 Å². The predicted octanol–water partition coefficient (Wildman–Crippen LogP) is 4.80. The van der Waals surface area contributed by atoms with E-state index >= 15 is 0 Å². The molecule has 0 fully saturated rings. The Bertz CT molecular complexity index is 1300. The molecule has 0 spiro atoms. The van der Waals surface area contributed by atoms with Crippen LogP contribution >= 0.6 is 0 Å². The molecule has 8 nitrogen and oxygen atoms in total. The number of ether oxygens (including phenoxy) is 1. The first kappa shape index (κ1) is 23.9. The van der Waals surface area contributed by atoms with Gasteiger partial charge in [-0.15, -0.1) is 0 Å². The number of hydrogen-bond acceptors (Lipinski definition) is 6. The highest BCUT2D eigenvalue weighted by Gasteiger charge is 2.28. The number of nitrogens with one attached hydrogen (secondary N) is 2. The van der Waals surface area contributed by atoms with Crippen LogP contribution < -0.4 is 10.7 Å². The Labute approximate surface area is 203 Å². The summed E-state index contributed by atoms with van der Waals surface area (Å²) in [7, 11) is 0. The van der Waals surface area contributed by atoms with Crippen molar-refractivity contribution in [3.8, 4) is 0 Å². The number of hydrogen-bond donors (Lipinski definition) is 2. The summed E-state index contributed by atoms with van der Waals surface area (Å²) in [4.78, 5) is 37.4. The standard InChI is InChI=1S/C27H27N3O5/c1-4-34-27(33)18-12-14-19(15-13-18)28-26(32)24-17(3)23-21(10-7-11-22(23)35-24)29-30-25(31)20-9-6-5-8-16(20)2/h5-6,8-9,12-15H,4,7,10-11H2,1-3H3,(H,28,32)(H,30,31)/b29-21+. The number of aryl methyl sites for hydroxylation is 2. The Kier molecular flexibility index (Phi) is 7.10. The first-order chi connectivity index (χ1) is 16.9. The lowest BCUT2D eigenvalue weighted by atomic mass is 9.93. The molecule has 1 heterocycles. The van der Waals surface area contributed by atoms with E-state index in [0.29, 0.717) is 53.3 Å². The minimum atomic E-state index is -0.415. The lowest BCUT2D eigenvalue weighted by Crippen LogP contribution is -2.22. The predicted molar refractivity (Wildman–Crippen MR) is 132 cm³/mol. The Balaban J connectivity index is 1.51. The number of benzene rings is 2. The third kappa shape index (κ3) is 5.16. The molecule has 0 saturated carbocycles. The van der Waals surface area contributed by atoms with Crippen molar-refractivity contribution in [1.29, 1.82) is 0 Å². The molecule has 2 aromatic carbocycles. The molecule has 1 aromatic heterocycles. The van der Waals surface area contributed by atoms with Crippen molar-refractivity contribution < 1.29 is 23.5 Å². The average molecular weight is 474 g/mol. The van der Waals surface area contributed by atoms with Crippen LogP contribution in [-0.2, 0) is 11.2 Å². The van der Waals surface area contributed by atoms with Crippen LogP contribution in [0.15, 0.2) is 58.0 Å². The van der Waals surface area contributed by atoms with Gasteiger partial charge in [-0.1, -0.05) is 18.2 Å². The van der Waals surface area contributed by atoms with E-state index in [1.54, 1.807) is 37.3 Å². The zero-order valence-electron chi connectivity index (χ0n) is 19.9. The second-order valence-electron chi connectivity index (χ2n) is 8.27. The maximum absolute atomic E-state index is 13.0. The van der Waals surface area contributed by atoms with Crippen LogP contribution in [0.25, 0.3) is 0 Å². The SMILES string of the molecule is CCOC(=O)c1ccc(NC(=O)c2oc3c(c2C)/C(=N/NC(=O)c2ccccc2C)CCC3)cc1. The summed E-state index contributed by atoms with van der Waals surface area (Å²) < 4.78 is 10.9. The van der Waals surface area contributed by atoms with E-state index in [2.05, 4.69) is 15.8 Å². The number of anilines is 1. The lowest BCUT2D eigenvalue weighted by Gasteiger charge is -2.13. The topological polar surface area (TPSA) is 110 Å². The van der Waals surface area contributed by atoms with Crippen molar-refractivity contribution in [2.75, 3.05) is 11.9 Å². The zero-order valence-corrected chi connectivity index (χ0v) is 19.9. The van der Waals surface area contributed by atoms with Crippen LogP contribution in [0.3, 0.4) is 0 Å². The van der Waals surface area contributed by atoms with Gasteiger partial charge < -0.3 is 14.5 Å². The minimum absolute atomic E-state index is 0.198. The van der Waals surface area contributed by atoms with E-state index in [1.165, 1.54) is 0 Å². The molecule has 4 rings (SSSR count). The highest BCUT2D eigenvalue weighted by atomic mass is 16.5. The van der Waals surface area contributed by atoms with Crippen LogP contribution in [0, 0.1) is 13.8 Å².